The van der Waals surface area contributed by atoms with Gasteiger partial charge in [0.05, 0.1) is 29.9 Å². The molecule has 5 rings (SSSR count). The molecule has 1 aromatic carbocycles. The Balaban J connectivity index is 1.24. The molecule has 0 radical (unpaired) electrons. The second-order valence-corrected chi connectivity index (χ2v) is 9.38. The molecular weight excluding hydrogens is 426 g/mol. The standard InChI is InChI=1S/C27H31N5O2/c1-3-32(27(33)26-30-22-12-11-18(15-28)13-23(22)31-26)20-8-6-7-19(14-20)29-16-25-17(2)21-9-4-5-10-24(21)34-25/h4-5,9-12,18-20,29H,3,6-8,13-14,16H2,1-2H3,(H,30,31). The van der Waals surface area contributed by atoms with Gasteiger partial charge in [-0.25, -0.2) is 4.98 Å². The lowest BCUT2D eigenvalue weighted by molar-refractivity contribution is 0.0616. The second-order valence-electron chi connectivity index (χ2n) is 9.38. The fourth-order valence-electron chi connectivity index (χ4n) is 5.36. The minimum atomic E-state index is -0.179. The Hall–Kier alpha value is -3.37. The van der Waals surface area contributed by atoms with Crippen molar-refractivity contribution in [2.75, 3.05) is 6.54 Å². The van der Waals surface area contributed by atoms with Gasteiger partial charge in [0.1, 0.15) is 11.3 Å². The zero-order chi connectivity index (χ0) is 23.7. The van der Waals surface area contributed by atoms with Crippen LogP contribution in [0, 0.1) is 24.2 Å². The number of allylic oxidation sites excluding steroid dienone is 1. The summed E-state index contributed by atoms with van der Waals surface area (Å²) in [5, 5.41) is 14.0. The molecule has 1 fully saturated rings. The summed E-state index contributed by atoms with van der Waals surface area (Å²) in [6.07, 6.45) is 8.37. The summed E-state index contributed by atoms with van der Waals surface area (Å²) in [5.74, 6) is 1.12. The van der Waals surface area contributed by atoms with E-state index in [-0.39, 0.29) is 17.9 Å². The molecule has 7 nitrogen and oxygen atoms in total. The van der Waals surface area contributed by atoms with Crippen molar-refractivity contribution in [2.24, 2.45) is 5.92 Å². The van der Waals surface area contributed by atoms with Crippen LogP contribution in [0.3, 0.4) is 0 Å². The third-order valence-electron chi connectivity index (χ3n) is 7.27. The Morgan fingerprint density at radius 3 is 3.00 bits per heavy atom. The van der Waals surface area contributed by atoms with Gasteiger partial charge in [0.25, 0.3) is 5.91 Å². The van der Waals surface area contributed by atoms with Crippen LogP contribution in [-0.4, -0.2) is 39.4 Å². The van der Waals surface area contributed by atoms with Crippen LogP contribution in [0.2, 0.25) is 0 Å². The number of aromatic nitrogens is 2. The van der Waals surface area contributed by atoms with Gasteiger partial charge < -0.3 is 19.6 Å². The summed E-state index contributed by atoms with van der Waals surface area (Å²) in [5.41, 5.74) is 3.77. The summed E-state index contributed by atoms with van der Waals surface area (Å²) in [6.45, 7) is 5.47. The monoisotopic (exact) mass is 457 g/mol. The molecule has 0 aliphatic heterocycles. The lowest BCUT2D eigenvalue weighted by atomic mass is 9.89. The highest BCUT2D eigenvalue weighted by atomic mass is 16.3. The number of para-hydroxylation sites is 1. The van der Waals surface area contributed by atoms with Crippen LogP contribution in [0.4, 0.5) is 0 Å². The molecule has 7 heteroatoms. The van der Waals surface area contributed by atoms with Gasteiger partial charge >= 0.3 is 0 Å². The van der Waals surface area contributed by atoms with Crippen LogP contribution >= 0.6 is 0 Å². The summed E-state index contributed by atoms with van der Waals surface area (Å²) in [4.78, 5) is 23.1. The van der Waals surface area contributed by atoms with Crippen molar-refractivity contribution in [1.29, 1.82) is 5.26 Å². The SMILES string of the molecule is CCN(C(=O)c1nc2c([nH]1)C=CC(C#N)C2)C1CCCC(NCc2oc3ccccc3c2C)C1. The van der Waals surface area contributed by atoms with Gasteiger partial charge in [-0.1, -0.05) is 24.3 Å². The highest BCUT2D eigenvalue weighted by Crippen LogP contribution is 2.28. The summed E-state index contributed by atoms with van der Waals surface area (Å²) >= 11 is 0. The molecule has 2 aliphatic rings. The van der Waals surface area contributed by atoms with E-state index < -0.39 is 0 Å². The summed E-state index contributed by atoms with van der Waals surface area (Å²) in [6, 6.07) is 10.9. The first kappa shape index (κ1) is 22.4. The van der Waals surface area contributed by atoms with Crippen LogP contribution in [0.25, 0.3) is 17.0 Å². The number of fused-ring (bicyclic) bond motifs is 2. The van der Waals surface area contributed by atoms with Gasteiger partial charge in [-0.05, 0) is 57.2 Å². The van der Waals surface area contributed by atoms with E-state index in [1.807, 2.05) is 42.2 Å². The zero-order valence-electron chi connectivity index (χ0n) is 19.8. The number of nitriles is 1. The van der Waals surface area contributed by atoms with Crippen LogP contribution < -0.4 is 5.32 Å². The van der Waals surface area contributed by atoms with Crippen LogP contribution in [-0.2, 0) is 13.0 Å². The van der Waals surface area contributed by atoms with Crippen molar-refractivity contribution in [3.05, 3.63) is 58.9 Å². The number of benzene rings is 1. The predicted octanol–water partition coefficient (Wildman–Crippen LogP) is 4.74. The van der Waals surface area contributed by atoms with Crippen molar-refractivity contribution in [1.82, 2.24) is 20.2 Å². The number of nitrogens with one attached hydrogen (secondary N) is 2. The Morgan fingerprint density at radius 1 is 1.35 bits per heavy atom. The maximum Gasteiger partial charge on any atom is 0.289 e. The Labute approximate surface area is 199 Å². The Bertz CT molecular complexity index is 1260. The zero-order valence-corrected chi connectivity index (χ0v) is 19.8. The normalized spacial score (nSPS) is 21.9. The van der Waals surface area contributed by atoms with Crippen LogP contribution in [0.5, 0.6) is 0 Å². The van der Waals surface area contributed by atoms with Gasteiger partial charge in [0, 0.05) is 30.4 Å². The molecule has 2 aromatic heterocycles. The minimum absolute atomic E-state index is 0.0578. The first-order valence-corrected chi connectivity index (χ1v) is 12.3. The van der Waals surface area contributed by atoms with Crippen molar-refractivity contribution in [2.45, 2.75) is 64.6 Å². The molecule has 3 atom stereocenters. The summed E-state index contributed by atoms with van der Waals surface area (Å²) < 4.78 is 6.07. The molecule has 2 N–H and O–H groups in total. The fraction of sp³-hybridized carbons (Fsp3) is 0.444. The average molecular weight is 458 g/mol. The first-order valence-electron chi connectivity index (χ1n) is 12.3. The number of rotatable bonds is 6. The van der Waals surface area contributed by atoms with Gasteiger partial charge in [0.15, 0.2) is 5.82 Å². The lowest BCUT2D eigenvalue weighted by Crippen LogP contribution is -2.47. The third kappa shape index (κ3) is 4.26. The molecular formula is C27H31N5O2. The molecule has 1 saturated carbocycles. The Morgan fingerprint density at radius 2 is 2.21 bits per heavy atom. The number of carbonyl (C=O) groups is 1. The highest BCUT2D eigenvalue weighted by molar-refractivity contribution is 5.91. The molecule has 0 bridgehead atoms. The maximum atomic E-state index is 13.4. The molecule has 0 spiro atoms. The molecule has 34 heavy (non-hydrogen) atoms. The molecule has 2 aliphatic carbocycles. The van der Waals surface area contributed by atoms with E-state index in [4.69, 9.17) is 4.42 Å². The number of hydrogen-bond acceptors (Lipinski definition) is 5. The quantitative estimate of drug-likeness (QED) is 0.557. The molecule has 0 saturated heterocycles. The lowest BCUT2D eigenvalue weighted by Gasteiger charge is -2.37. The average Bonchev–Trinajstić information content (AvgIpc) is 3.44. The molecule has 3 unspecified atom stereocenters. The predicted molar refractivity (Wildman–Crippen MR) is 131 cm³/mol. The second kappa shape index (κ2) is 9.47. The van der Waals surface area contributed by atoms with E-state index >= 15 is 0 Å². The van der Waals surface area contributed by atoms with Crippen molar-refractivity contribution >= 4 is 23.0 Å². The van der Waals surface area contributed by atoms with Crippen molar-refractivity contribution in [3.63, 3.8) is 0 Å². The van der Waals surface area contributed by atoms with Crippen LogP contribution in [0.15, 0.2) is 34.8 Å². The smallest absolute Gasteiger partial charge is 0.289 e. The number of H-pyrrole nitrogens is 1. The number of aryl methyl sites for hydroxylation is 1. The first-order chi connectivity index (χ1) is 16.6. The van der Waals surface area contributed by atoms with E-state index in [1.54, 1.807) is 0 Å². The van der Waals surface area contributed by atoms with Gasteiger partial charge in [-0.3, -0.25) is 4.79 Å². The number of imidazole rings is 1. The van der Waals surface area contributed by atoms with E-state index in [0.717, 1.165) is 48.4 Å². The highest BCUT2D eigenvalue weighted by Gasteiger charge is 2.31. The maximum absolute atomic E-state index is 13.4. The van der Waals surface area contributed by atoms with E-state index in [0.29, 0.717) is 31.4 Å². The number of aromatic amines is 1. The number of nitrogens with zero attached hydrogens (tertiary/aromatic N) is 3. The molecule has 3 aromatic rings. The van der Waals surface area contributed by atoms with Gasteiger partial charge in [0.2, 0.25) is 0 Å². The van der Waals surface area contributed by atoms with Gasteiger partial charge in [-0.2, -0.15) is 5.26 Å². The van der Waals surface area contributed by atoms with Crippen molar-refractivity contribution < 1.29 is 9.21 Å². The number of amides is 1. The van der Waals surface area contributed by atoms with E-state index in [1.165, 1.54) is 10.9 Å². The topological polar surface area (TPSA) is 98.0 Å². The summed E-state index contributed by atoms with van der Waals surface area (Å²) in [7, 11) is 0. The molecule has 2 heterocycles. The molecule has 176 valence electrons. The van der Waals surface area contributed by atoms with Crippen LogP contribution in [0.1, 0.15) is 65.9 Å². The Kier molecular flexibility index (Phi) is 6.25. The number of furan rings is 1. The minimum Gasteiger partial charge on any atom is -0.459 e. The fourth-order valence-corrected chi connectivity index (χ4v) is 5.36. The third-order valence-corrected chi connectivity index (χ3v) is 7.27. The van der Waals surface area contributed by atoms with E-state index in [2.05, 4.69) is 34.3 Å². The number of carbonyl (C=O) groups excluding carboxylic acids is 1. The van der Waals surface area contributed by atoms with E-state index in [9.17, 15) is 10.1 Å². The molecule has 1 amide bonds. The largest absolute Gasteiger partial charge is 0.459 e. The van der Waals surface area contributed by atoms with Gasteiger partial charge in [-0.15, -0.1) is 0 Å². The number of hydrogen-bond donors (Lipinski definition) is 2. The van der Waals surface area contributed by atoms with Crippen molar-refractivity contribution in [3.8, 4) is 6.07 Å².